The molecule has 0 bridgehead atoms. The molecule has 9 heteroatoms. The van der Waals surface area contributed by atoms with E-state index in [1.165, 1.54) is 28.5 Å². The van der Waals surface area contributed by atoms with Crippen LogP contribution < -0.4 is 4.74 Å². The topological polar surface area (TPSA) is 90.2 Å². The molecule has 21 heavy (non-hydrogen) atoms. The van der Waals surface area contributed by atoms with Crippen LogP contribution in [0.25, 0.3) is 5.69 Å². The van der Waals surface area contributed by atoms with E-state index in [0.29, 0.717) is 24.5 Å². The standard InChI is InChI=1S/C12H15N5O3S/c1-20-12-8-10(21(18,19)16-6-2-3-7-16)4-5-11(12)17-9-13-14-15-17/h4-5,8-9H,2-3,6-7H2,1H3. The van der Waals surface area contributed by atoms with E-state index < -0.39 is 10.0 Å². The molecule has 1 aromatic carbocycles. The van der Waals surface area contributed by atoms with Gasteiger partial charge in [0, 0.05) is 19.2 Å². The number of nitrogens with zero attached hydrogens (tertiary/aromatic N) is 5. The Bertz CT molecular complexity index is 723. The van der Waals surface area contributed by atoms with Crippen molar-refractivity contribution >= 4 is 10.0 Å². The van der Waals surface area contributed by atoms with Crippen molar-refractivity contribution in [3.63, 3.8) is 0 Å². The quantitative estimate of drug-likeness (QED) is 0.815. The Labute approximate surface area is 122 Å². The molecule has 0 N–H and O–H groups in total. The number of ether oxygens (including phenoxy) is 1. The minimum atomic E-state index is -3.46. The molecule has 0 unspecified atom stereocenters. The van der Waals surface area contributed by atoms with Crippen LogP contribution in [0.5, 0.6) is 5.75 Å². The molecule has 2 aromatic rings. The zero-order valence-electron chi connectivity index (χ0n) is 11.5. The predicted molar refractivity (Wildman–Crippen MR) is 73.7 cm³/mol. The molecule has 0 amide bonds. The fraction of sp³-hybridized carbons (Fsp3) is 0.417. The number of tetrazole rings is 1. The van der Waals surface area contributed by atoms with E-state index in [-0.39, 0.29) is 4.90 Å². The van der Waals surface area contributed by atoms with Gasteiger partial charge in [-0.1, -0.05) is 0 Å². The van der Waals surface area contributed by atoms with Crippen molar-refractivity contribution in [2.45, 2.75) is 17.7 Å². The normalized spacial score (nSPS) is 16.2. The molecule has 0 saturated carbocycles. The van der Waals surface area contributed by atoms with Crippen molar-refractivity contribution in [1.82, 2.24) is 24.5 Å². The van der Waals surface area contributed by atoms with E-state index in [9.17, 15) is 8.42 Å². The monoisotopic (exact) mass is 309 g/mol. The van der Waals surface area contributed by atoms with E-state index in [1.54, 1.807) is 12.1 Å². The molecule has 1 aliphatic heterocycles. The molecule has 0 atom stereocenters. The molecule has 0 radical (unpaired) electrons. The highest BCUT2D eigenvalue weighted by Gasteiger charge is 2.28. The summed E-state index contributed by atoms with van der Waals surface area (Å²) in [5, 5.41) is 10.9. The van der Waals surface area contributed by atoms with Crippen molar-refractivity contribution in [2.24, 2.45) is 0 Å². The van der Waals surface area contributed by atoms with Crippen LogP contribution in [0.4, 0.5) is 0 Å². The Morgan fingerprint density at radius 1 is 1.24 bits per heavy atom. The van der Waals surface area contributed by atoms with Gasteiger partial charge in [-0.25, -0.2) is 8.42 Å². The van der Waals surface area contributed by atoms with Crippen molar-refractivity contribution in [2.75, 3.05) is 20.2 Å². The average molecular weight is 309 g/mol. The van der Waals surface area contributed by atoms with Crippen LogP contribution in [-0.4, -0.2) is 53.1 Å². The van der Waals surface area contributed by atoms with Crippen molar-refractivity contribution < 1.29 is 13.2 Å². The van der Waals surface area contributed by atoms with Crippen LogP contribution in [-0.2, 0) is 10.0 Å². The summed E-state index contributed by atoms with van der Waals surface area (Å²) in [7, 11) is -1.98. The molecule has 1 saturated heterocycles. The highest BCUT2D eigenvalue weighted by atomic mass is 32.2. The Hall–Kier alpha value is -2.00. The molecule has 1 aromatic heterocycles. The number of rotatable bonds is 4. The summed E-state index contributed by atoms with van der Waals surface area (Å²) in [4.78, 5) is 0.220. The van der Waals surface area contributed by atoms with Gasteiger partial charge < -0.3 is 4.74 Å². The highest BCUT2D eigenvalue weighted by Crippen LogP contribution is 2.28. The largest absolute Gasteiger partial charge is 0.494 e. The van der Waals surface area contributed by atoms with Gasteiger partial charge in [-0.05, 0) is 35.4 Å². The molecule has 8 nitrogen and oxygen atoms in total. The van der Waals surface area contributed by atoms with E-state index in [1.807, 2.05) is 0 Å². The third-order valence-electron chi connectivity index (χ3n) is 3.45. The van der Waals surface area contributed by atoms with Crippen molar-refractivity contribution in [1.29, 1.82) is 0 Å². The third-order valence-corrected chi connectivity index (χ3v) is 5.34. The van der Waals surface area contributed by atoms with Gasteiger partial charge >= 0.3 is 0 Å². The van der Waals surface area contributed by atoms with Crippen molar-refractivity contribution in [3.05, 3.63) is 24.5 Å². The van der Waals surface area contributed by atoms with E-state index >= 15 is 0 Å². The summed E-state index contributed by atoms with van der Waals surface area (Å²) in [5.41, 5.74) is 0.586. The van der Waals surface area contributed by atoms with E-state index in [4.69, 9.17) is 4.74 Å². The number of methoxy groups -OCH3 is 1. The fourth-order valence-electron chi connectivity index (χ4n) is 2.36. The Kier molecular flexibility index (Phi) is 3.60. The first kappa shape index (κ1) is 14.0. The van der Waals surface area contributed by atoms with Crippen LogP contribution >= 0.6 is 0 Å². The summed E-state index contributed by atoms with van der Waals surface area (Å²) >= 11 is 0. The Morgan fingerprint density at radius 3 is 2.62 bits per heavy atom. The summed E-state index contributed by atoms with van der Waals surface area (Å²) in [6.07, 6.45) is 3.23. The van der Waals surface area contributed by atoms with Gasteiger partial charge in [-0.2, -0.15) is 8.99 Å². The fourth-order valence-corrected chi connectivity index (χ4v) is 3.89. The predicted octanol–water partition coefficient (Wildman–Crippen LogP) is 0.455. The number of benzene rings is 1. The molecule has 0 aliphatic carbocycles. The average Bonchev–Trinajstić information content (AvgIpc) is 3.19. The first-order chi connectivity index (χ1) is 10.1. The summed E-state index contributed by atoms with van der Waals surface area (Å²) in [5.74, 6) is 0.405. The van der Waals surface area contributed by atoms with Crippen LogP contribution in [0.1, 0.15) is 12.8 Å². The number of aromatic nitrogens is 4. The van der Waals surface area contributed by atoms with Crippen LogP contribution in [0, 0.1) is 0 Å². The van der Waals surface area contributed by atoms with Gasteiger partial charge in [0.25, 0.3) is 0 Å². The van der Waals surface area contributed by atoms with Gasteiger partial charge in [0.1, 0.15) is 17.8 Å². The van der Waals surface area contributed by atoms with Crippen LogP contribution in [0.15, 0.2) is 29.4 Å². The lowest BCUT2D eigenvalue weighted by Crippen LogP contribution is -2.27. The molecule has 1 fully saturated rings. The summed E-state index contributed by atoms with van der Waals surface area (Å²) in [6.45, 7) is 1.14. The van der Waals surface area contributed by atoms with Gasteiger partial charge in [0.2, 0.25) is 10.0 Å². The maximum absolute atomic E-state index is 12.5. The first-order valence-electron chi connectivity index (χ1n) is 6.54. The van der Waals surface area contributed by atoms with E-state index in [2.05, 4.69) is 15.5 Å². The third kappa shape index (κ3) is 2.49. The zero-order chi connectivity index (χ0) is 14.9. The second-order valence-electron chi connectivity index (χ2n) is 4.70. The first-order valence-corrected chi connectivity index (χ1v) is 7.98. The van der Waals surface area contributed by atoms with Gasteiger partial charge in [0.05, 0.1) is 12.0 Å². The van der Waals surface area contributed by atoms with E-state index in [0.717, 1.165) is 12.8 Å². The van der Waals surface area contributed by atoms with Gasteiger partial charge in [-0.3, -0.25) is 0 Å². The summed E-state index contributed by atoms with van der Waals surface area (Å²) < 4.78 is 33.2. The number of sulfonamides is 1. The zero-order valence-corrected chi connectivity index (χ0v) is 12.3. The smallest absolute Gasteiger partial charge is 0.243 e. The SMILES string of the molecule is COc1cc(S(=O)(=O)N2CCCC2)ccc1-n1cnnn1. The lowest BCUT2D eigenvalue weighted by atomic mass is 10.3. The highest BCUT2D eigenvalue weighted by molar-refractivity contribution is 7.89. The van der Waals surface area contributed by atoms with Gasteiger partial charge in [-0.15, -0.1) is 5.10 Å². The molecule has 1 aliphatic rings. The molecule has 112 valence electrons. The number of hydrogen-bond acceptors (Lipinski definition) is 6. The second kappa shape index (κ2) is 5.41. The lowest BCUT2D eigenvalue weighted by molar-refractivity contribution is 0.409. The second-order valence-corrected chi connectivity index (χ2v) is 6.64. The molecule has 3 rings (SSSR count). The minimum absolute atomic E-state index is 0.220. The lowest BCUT2D eigenvalue weighted by Gasteiger charge is -2.16. The molecular formula is C12H15N5O3S. The molecule has 2 heterocycles. The van der Waals surface area contributed by atoms with Crippen LogP contribution in [0.2, 0.25) is 0 Å². The molecular weight excluding hydrogens is 294 g/mol. The molecule has 0 spiro atoms. The minimum Gasteiger partial charge on any atom is -0.494 e. The summed E-state index contributed by atoms with van der Waals surface area (Å²) in [6, 6.07) is 4.69. The van der Waals surface area contributed by atoms with Crippen molar-refractivity contribution in [3.8, 4) is 11.4 Å². The van der Waals surface area contributed by atoms with Crippen LogP contribution in [0.3, 0.4) is 0 Å². The Morgan fingerprint density at radius 2 is 2.00 bits per heavy atom. The maximum Gasteiger partial charge on any atom is 0.243 e. The van der Waals surface area contributed by atoms with Gasteiger partial charge in [0.15, 0.2) is 0 Å². The Balaban J connectivity index is 2.02. The number of hydrogen-bond donors (Lipinski definition) is 0. The maximum atomic E-state index is 12.5.